The van der Waals surface area contributed by atoms with Crippen molar-refractivity contribution in [3.63, 3.8) is 0 Å². The van der Waals surface area contributed by atoms with Crippen molar-refractivity contribution in [1.82, 2.24) is 9.97 Å². The maximum Gasteiger partial charge on any atom is 0.336 e. The van der Waals surface area contributed by atoms with E-state index < -0.39 is 35.6 Å². The number of nitrogens with zero attached hydrogens (tertiary/aromatic N) is 3. The van der Waals surface area contributed by atoms with Gasteiger partial charge in [0, 0.05) is 23.5 Å². The normalized spacial score (nSPS) is 23.0. The van der Waals surface area contributed by atoms with Gasteiger partial charge in [0.25, 0.3) is 0 Å². The maximum atomic E-state index is 14.3. The molecule has 8 nitrogen and oxygen atoms in total. The predicted molar refractivity (Wildman–Crippen MR) is 141 cm³/mol. The molecule has 0 bridgehead atoms. The third-order valence-electron chi connectivity index (χ3n) is 7.20. The average molecular weight is 512 g/mol. The highest BCUT2D eigenvalue weighted by Gasteiger charge is 2.53. The van der Waals surface area contributed by atoms with Crippen molar-refractivity contribution < 1.29 is 23.9 Å². The number of carbonyl (C=O) groups excluding carboxylic acids is 3. The molecule has 0 saturated heterocycles. The first-order chi connectivity index (χ1) is 18.4. The van der Waals surface area contributed by atoms with E-state index in [1.165, 1.54) is 0 Å². The first-order valence-corrected chi connectivity index (χ1v) is 12.9. The second-order valence-electron chi connectivity index (χ2n) is 9.42. The number of hydrogen-bond donors (Lipinski definition) is 0. The molecule has 2 aromatic carbocycles. The molecule has 38 heavy (non-hydrogen) atoms. The smallest absolute Gasteiger partial charge is 0.336 e. The van der Waals surface area contributed by atoms with Crippen molar-refractivity contribution in [2.45, 2.75) is 39.0 Å². The number of carbonyl (C=O) groups is 3. The van der Waals surface area contributed by atoms with Crippen LogP contribution in [0.3, 0.4) is 0 Å². The SMILES string of the molecule is CCOC(=O)C1=C(C)N=C2CC(c3ccccc3)C(C(=O)OCC)C(=O)C2C1c1cnc2ccccc2n1. The van der Waals surface area contributed by atoms with Gasteiger partial charge in [-0.05, 0) is 44.9 Å². The number of hydrogen-bond acceptors (Lipinski definition) is 8. The summed E-state index contributed by atoms with van der Waals surface area (Å²) < 4.78 is 10.8. The molecule has 1 aromatic heterocycles. The van der Waals surface area contributed by atoms with Crippen LogP contribution in [-0.4, -0.2) is 46.6 Å². The second-order valence-corrected chi connectivity index (χ2v) is 9.42. The highest BCUT2D eigenvalue weighted by atomic mass is 16.5. The van der Waals surface area contributed by atoms with E-state index >= 15 is 0 Å². The van der Waals surface area contributed by atoms with E-state index in [1.54, 1.807) is 27.0 Å². The zero-order chi connectivity index (χ0) is 26.8. The van der Waals surface area contributed by atoms with E-state index in [2.05, 4.69) is 4.98 Å². The van der Waals surface area contributed by atoms with Crippen molar-refractivity contribution >= 4 is 34.5 Å². The van der Waals surface area contributed by atoms with Gasteiger partial charge in [0.15, 0.2) is 5.78 Å². The first-order valence-electron chi connectivity index (χ1n) is 12.9. The molecule has 2 heterocycles. The van der Waals surface area contributed by atoms with E-state index in [9.17, 15) is 14.4 Å². The molecule has 4 atom stereocenters. The van der Waals surface area contributed by atoms with E-state index in [0.29, 0.717) is 34.6 Å². The van der Waals surface area contributed by atoms with Gasteiger partial charge in [-0.25, -0.2) is 9.78 Å². The molecular weight excluding hydrogens is 482 g/mol. The van der Waals surface area contributed by atoms with E-state index in [-0.39, 0.29) is 24.6 Å². The van der Waals surface area contributed by atoms with Gasteiger partial charge < -0.3 is 9.47 Å². The molecule has 1 saturated carbocycles. The molecule has 0 spiro atoms. The fourth-order valence-electron chi connectivity index (χ4n) is 5.61. The Morgan fingerprint density at radius 3 is 2.32 bits per heavy atom. The summed E-state index contributed by atoms with van der Waals surface area (Å²) in [6.07, 6.45) is 1.97. The molecule has 3 aromatic rings. The number of esters is 2. The molecular formula is C30H29N3O5. The molecule has 2 aliphatic rings. The van der Waals surface area contributed by atoms with Gasteiger partial charge in [0.05, 0.1) is 47.4 Å². The van der Waals surface area contributed by atoms with Gasteiger partial charge in [-0.1, -0.05) is 42.5 Å². The van der Waals surface area contributed by atoms with Gasteiger partial charge in [-0.15, -0.1) is 0 Å². The van der Waals surface area contributed by atoms with Crippen LogP contribution >= 0.6 is 0 Å². The number of aliphatic imine (C=N–C) groups is 1. The van der Waals surface area contributed by atoms with Crippen LogP contribution < -0.4 is 0 Å². The third kappa shape index (κ3) is 4.51. The van der Waals surface area contributed by atoms with Crippen LogP contribution in [0.2, 0.25) is 0 Å². The van der Waals surface area contributed by atoms with Crippen molar-refractivity contribution in [2.24, 2.45) is 16.8 Å². The van der Waals surface area contributed by atoms with Gasteiger partial charge >= 0.3 is 11.9 Å². The van der Waals surface area contributed by atoms with E-state index in [4.69, 9.17) is 19.5 Å². The summed E-state index contributed by atoms with van der Waals surface area (Å²) in [7, 11) is 0. The minimum absolute atomic E-state index is 0.155. The number of fused-ring (bicyclic) bond motifs is 2. The van der Waals surface area contributed by atoms with Gasteiger partial charge in [-0.3, -0.25) is 19.6 Å². The molecule has 0 amide bonds. The zero-order valence-corrected chi connectivity index (χ0v) is 21.6. The summed E-state index contributed by atoms with van der Waals surface area (Å²) in [5, 5.41) is 0. The molecule has 0 radical (unpaired) electrons. The summed E-state index contributed by atoms with van der Waals surface area (Å²) in [6, 6.07) is 16.9. The molecule has 1 fully saturated rings. The topological polar surface area (TPSA) is 108 Å². The predicted octanol–water partition coefficient (Wildman–Crippen LogP) is 4.56. The van der Waals surface area contributed by atoms with E-state index in [1.807, 2.05) is 54.6 Å². The largest absolute Gasteiger partial charge is 0.465 e. The molecule has 8 heteroatoms. The van der Waals surface area contributed by atoms with Crippen molar-refractivity contribution in [1.29, 1.82) is 0 Å². The highest BCUT2D eigenvalue weighted by Crippen LogP contribution is 2.48. The van der Waals surface area contributed by atoms with Crippen LogP contribution in [0.1, 0.15) is 50.3 Å². The lowest BCUT2D eigenvalue weighted by molar-refractivity contribution is -0.153. The number of rotatable bonds is 6. The fraction of sp³-hybridized carbons (Fsp3) is 0.333. The number of allylic oxidation sites excluding steroid dienone is 1. The summed E-state index contributed by atoms with van der Waals surface area (Å²) in [4.78, 5) is 55.0. The summed E-state index contributed by atoms with van der Waals surface area (Å²) >= 11 is 0. The van der Waals surface area contributed by atoms with Gasteiger partial charge in [0.1, 0.15) is 5.92 Å². The van der Waals surface area contributed by atoms with Crippen LogP contribution in [0.4, 0.5) is 0 Å². The second kappa shape index (κ2) is 10.7. The number of Topliss-reactive ketones (excluding diaryl/α,β-unsaturated/α-hetero) is 1. The third-order valence-corrected chi connectivity index (χ3v) is 7.20. The lowest BCUT2D eigenvalue weighted by Crippen LogP contribution is -2.49. The molecule has 194 valence electrons. The molecule has 5 rings (SSSR count). The molecule has 1 aliphatic carbocycles. The van der Waals surface area contributed by atoms with Crippen LogP contribution in [-0.2, 0) is 23.9 Å². The Bertz CT molecular complexity index is 1460. The van der Waals surface area contributed by atoms with Crippen molar-refractivity contribution in [2.75, 3.05) is 13.2 Å². The standard InChI is InChI=1S/C30H29N3O5/c1-4-37-29(35)24-17(3)32-22-15-19(18-11-7-6-8-12-18)25(30(36)38-5-2)28(34)27(22)26(24)23-16-31-20-13-9-10-14-21(20)33-23/h6-14,16,19,25-27H,4-5,15H2,1-3H3. The summed E-state index contributed by atoms with van der Waals surface area (Å²) in [5.41, 5.74) is 4.01. The summed E-state index contributed by atoms with van der Waals surface area (Å²) in [6.45, 7) is 5.51. The minimum Gasteiger partial charge on any atom is -0.465 e. The molecule has 4 unspecified atom stereocenters. The number of aromatic nitrogens is 2. The van der Waals surface area contributed by atoms with Crippen molar-refractivity contribution in [3.8, 4) is 0 Å². The van der Waals surface area contributed by atoms with Crippen molar-refractivity contribution in [3.05, 3.63) is 83.3 Å². The lowest BCUT2D eigenvalue weighted by atomic mass is 9.63. The van der Waals surface area contributed by atoms with Gasteiger partial charge in [-0.2, -0.15) is 0 Å². The average Bonchev–Trinajstić information content (AvgIpc) is 2.92. The van der Waals surface area contributed by atoms with E-state index in [0.717, 1.165) is 5.56 Å². The van der Waals surface area contributed by atoms with Gasteiger partial charge in [0.2, 0.25) is 0 Å². The Morgan fingerprint density at radius 2 is 1.61 bits per heavy atom. The van der Waals surface area contributed by atoms with Crippen LogP contribution in [0, 0.1) is 11.8 Å². The Hall–Kier alpha value is -4.20. The van der Waals surface area contributed by atoms with Crippen LogP contribution in [0.15, 0.2) is 77.1 Å². The van der Waals surface area contributed by atoms with Crippen LogP contribution in [0.5, 0.6) is 0 Å². The Morgan fingerprint density at radius 1 is 0.921 bits per heavy atom. The molecule has 1 aliphatic heterocycles. The Balaban J connectivity index is 1.68. The lowest BCUT2D eigenvalue weighted by Gasteiger charge is -2.40. The number of ketones is 1. The summed E-state index contributed by atoms with van der Waals surface area (Å²) in [5.74, 6) is -4.60. The van der Waals surface area contributed by atoms with Crippen LogP contribution in [0.25, 0.3) is 11.0 Å². The molecule has 0 N–H and O–H groups in total. The quantitative estimate of drug-likeness (QED) is 0.353. The Labute approximate surface area is 220 Å². The highest BCUT2D eigenvalue weighted by molar-refractivity contribution is 6.17. The fourth-order valence-corrected chi connectivity index (χ4v) is 5.61. The number of ether oxygens (including phenoxy) is 2. The number of para-hydroxylation sites is 2. The first kappa shape index (κ1) is 25.4. The maximum absolute atomic E-state index is 14.3. The zero-order valence-electron chi connectivity index (χ0n) is 21.6. The monoisotopic (exact) mass is 511 g/mol. The Kier molecular flexibility index (Phi) is 7.13. The minimum atomic E-state index is -1.04. The number of benzene rings is 2.